The van der Waals surface area contributed by atoms with E-state index in [0.29, 0.717) is 5.56 Å². The molecule has 0 atom stereocenters. The second-order valence-electron chi connectivity index (χ2n) is 9.29. The van der Waals surface area contributed by atoms with Crippen LogP contribution in [-0.4, -0.2) is 36.0 Å². The maximum Gasteiger partial charge on any atom is 0.252 e. The van der Waals surface area contributed by atoms with Crippen molar-refractivity contribution in [2.24, 2.45) is 0 Å². The summed E-state index contributed by atoms with van der Waals surface area (Å²) in [6.45, 7) is 10.0. The molecule has 0 saturated carbocycles. The molecule has 1 heterocycles. The first-order chi connectivity index (χ1) is 14.9. The fourth-order valence-electron chi connectivity index (χ4n) is 3.68. The number of H-pyrrole nitrogens is 1. The summed E-state index contributed by atoms with van der Waals surface area (Å²) in [5.41, 5.74) is 3.85. The van der Waals surface area contributed by atoms with Crippen LogP contribution in [0.25, 0.3) is 10.9 Å². The molecule has 1 aromatic heterocycles. The minimum Gasteiger partial charge on any atom is -0.396 e. The molecule has 7 heteroatoms. The molecule has 6 nitrogen and oxygen atoms in total. The lowest BCUT2D eigenvalue weighted by Gasteiger charge is -2.23. The Hall–Kier alpha value is -2.48. The summed E-state index contributed by atoms with van der Waals surface area (Å²) in [6, 6.07) is 12.5. The second-order valence-corrected chi connectivity index (χ2v) is 11.2. The maximum absolute atomic E-state index is 13.4. The highest BCUT2D eigenvalue weighted by Crippen LogP contribution is 2.26. The molecule has 3 rings (SSSR count). The van der Waals surface area contributed by atoms with Crippen LogP contribution in [0.5, 0.6) is 0 Å². The smallest absolute Gasteiger partial charge is 0.252 e. The van der Waals surface area contributed by atoms with E-state index in [-0.39, 0.29) is 42.0 Å². The Morgan fingerprint density at radius 3 is 2.28 bits per heavy atom. The average Bonchev–Trinajstić information content (AvgIpc) is 2.74. The predicted molar refractivity (Wildman–Crippen MR) is 128 cm³/mol. The number of aliphatic hydroxyl groups excluding tert-OH is 1. The van der Waals surface area contributed by atoms with Gasteiger partial charge in [-0.2, -0.15) is 4.31 Å². The zero-order valence-corrected chi connectivity index (χ0v) is 20.2. The van der Waals surface area contributed by atoms with Gasteiger partial charge in [-0.1, -0.05) is 45.0 Å². The van der Waals surface area contributed by atoms with Gasteiger partial charge in [0.1, 0.15) is 0 Å². The van der Waals surface area contributed by atoms with Gasteiger partial charge in [-0.25, -0.2) is 8.42 Å². The minimum absolute atomic E-state index is 0.0679. The largest absolute Gasteiger partial charge is 0.396 e. The highest BCUT2D eigenvalue weighted by Gasteiger charge is 2.26. The molecule has 0 radical (unpaired) electrons. The number of nitrogens with one attached hydrogen (secondary N) is 1. The van der Waals surface area contributed by atoms with E-state index in [9.17, 15) is 18.3 Å². The van der Waals surface area contributed by atoms with Gasteiger partial charge >= 0.3 is 0 Å². The van der Waals surface area contributed by atoms with Crippen molar-refractivity contribution in [2.75, 3.05) is 13.2 Å². The fraction of sp³-hybridized carbons (Fsp3) is 0.400. The minimum atomic E-state index is -3.85. The van der Waals surface area contributed by atoms with Gasteiger partial charge < -0.3 is 10.1 Å². The van der Waals surface area contributed by atoms with Crippen LogP contribution in [0.1, 0.15) is 49.4 Å². The van der Waals surface area contributed by atoms with Gasteiger partial charge in [0, 0.05) is 25.3 Å². The number of aryl methyl sites for hydroxylation is 2. The lowest BCUT2D eigenvalue weighted by atomic mass is 9.87. The zero-order valence-electron chi connectivity index (χ0n) is 19.4. The SMILES string of the molecule is Cc1ccc2cc(CN(CCCO)S(=O)(=O)c3ccc(C(C)(C)C)cc3)c(=O)[nH]c2c1C. The Morgan fingerprint density at radius 1 is 1.03 bits per heavy atom. The molecule has 0 unspecified atom stereocenters. The number of hydrogen-bond donors (Lipinski definition) is 2. The van der Waals surface area contributed by atoms with E-state index >= 15 is 0 Å². The fourth-order valence-corrected chi connectivity index (χ4v) is 5.14. The number of pyridine rings is 1. The van der Waals surface area contributed by atoms with E-state index < -0.39 is 10.0 Å². The van der Waals surface area contributed by atoms with Crippen LogP contribution in [0, 0.1) is 13.8 Å². The Bertz CT molecular complexity index is 1270. The number of aliphatic hydroxyl groups is 1. The van der Waals surface area contributed by atoms with Crippen molar-refractivity contribution in [3.05, 3.63) is 75.1 Å². The Labute approximate surface area is 190 Å². The molecule has 0 spiro atoms. The first kappa shape index (κ1) is 24.2. The molecule has 0 aliphatic heterocycles. The lowest BCUT2D eigenvalue weighted by Crippen LogP contribution is -2.34. The summed E-state index contributed by atoms with van der Waals surface area (Å²) in [5, 5.41) is 10.2. The Kier molecular flexibility index (Phi) is 6.93. The van der Waals surface area contributed by atoms with Gasteiger partial charge in [-0.3, -0.25) is 4.79 Å². The third-order valence-electron chi connectivity index (χ3n) is 5.90. The Balaban J connectivity index is 2.00. The van der Waals surface area contributed by atoms with E-state index in [0.717, 1.165) is 27.6 Å². The van der Waals surface area contributed by atoms with Gasteiger partial charge in [-0.05, 0) is 66.0 Å². The normalized spacial score (nSPS) is 12.6. The Morgan fingerprint density at radius 2 is 1.69 bits per heavy atom. The van der Waals surface area contributed by atoms with Crippen molar-refractivity contribution >= 4 is 20.9 Å². The lowest BCUT2D eigenvalue weighted by molar-refractivity contribution is 0.267. The van der Waals surface area contributed by atoms with Crippen LogP contribution < -0.4 is 5.56 Å². The summed E-state index contributed by atoms with van der Waals surface area (Å²) >= 11 is 0. The zero-order chi connectivity index (χ0) is 23.7. The highest BCUT2D eigenvalue weighted by atomic mass is 32.2. The van der Waals surface area contributed by atoms with Crippen molar-refractivity contribution in [3.8, 4) is 0 Å². The number of sulfonamides is 1. The molecule has 0 amide bonds. The number of fused-ring (bicyclic) bond motifs is 1. The van der Waals surface area contributed by atoms with Gasteiger partial charge in [0.05, 0.1) is 10.4 Å². The van der Waals surface area contributed by atoms with E-state index in [2.05, 4.69) is 25.8 Å². The second kappa shape index (κ2) is 9.17. The van der Waals surface area contributed by atoms with Crippen LogP contribution in [0.4, 0.5) is 0 Å². The highest BCUT2D eigenvalue weighted by molar-refractivity contribution is 7.89. The molecule has 0 fully saturated rings. The van der Waals surface area contributed by atoms with Gasteiger partial charge in [-0.15, -0.1) is 0 Å². The van der Waals surface area contributed by atoms with E-state index in [1.54, 1.807) is 18.2 Å². The molecule has 0 aliphatic carbocycles. The molecule has 0 bridgehead atoms. The third kappa shape index (κ3) is 4.95. The third-order valence-corrected chi connectivity index (χ3v) is 7.76. The molecular weight excluding hydrogens is 424 g/mol. The van der Waals surface area contributed by atoms with Crippen LogP contribution in [0.15, 0.2) is 52.2 Å². The summed E-state index contributed by atoms with van der Waals surface area (Å²) in [6.07, 6.45) is 0.281. The number of aromatic nitrogens is 1. The molecule has 0 saturated heterocycles. The van der Waals surface area contributed by atoms with Gasteiger partial charge in [0.25, 0.3) is 5.56 Å². The van der Waals surface area contributed by atoms with E-state index in [4.69, 9.17) is 0 Å². The number of rotatable bonds is 7. The number of aromatic amines is 1. The van der Waals surface area contributed by atoms with Gasteiger partial charge in [0.15, 0.2) is 0 Å². The van der Waals surface area contributed by atoms with Crippen molar-refractivity contribution in [1.29, 1.82) is 0 Å². The molecule has 3 aromatic rings. The van der Waals surface area contributed by atoms with E-state index in [1.807, 2.05) is 38.1 Å². The molecule has 172 valence electrons. The van der Waals surface area contributed by atoms with Crippen LogP contribution in [-0.2, 0) is 22.0 Å². The van der Waals surface area contributed by atoms with Crippen LogP contribution >= 0.6 is 0 Å². The molecule has 2 aromatic carbocycles. The summed E-state index contributed by atoms with van der Waals surface area (Å²) in [5.74, 6) is 0. The summed E-state index contributed by atoms with van der Waals surface area (Å²) in [7, 11) is -3.85. The average molecular weight is 457 g/mol. The molecule has 32 heavy (non-hydrogen) atoms. The van der Waals surface area contributed by atoms with Crippen molar-refractivity contribution in [2.45, 2.75) is 57.9 Å². The summed E-state index contributed by atoms with van der Waals surface area (Å²) in [4.78, 5) is 15.9. The van der Waals surface area contributed by atoms with Crippen molar-refractivity contribution < 1.29 is 13.5 Å². The van der Waals surface area contributed by atoms with Crippen molar-refractivity contribution in [3.63, 3.8) is 0 Å². The molecule has 0 aliphatic rings. The molecule has 2 N–H and O–H groups in total. The van der Waals surface area contributed by atoms with E-state index in [1.165, 1.54) is 4.31 Å². The maximum atomic E-state index is 13.4. The van der Waals surface area contributed by atoms with Crippen molar-refractivity contribution in [1.82, 2.24) is 9.29 Å². The van der Waals surface area contributed by atoms with Crippen LogP contribution in [0.3, 0.4) is 0 Å². The van der Waals surface area contributed by atoms with Crippen LogP contribution in [0.2, 0.25) is 0 Å². The number of nitrogens with zero attached hydrogens (tertiary/aromatic N) is 1. The molecular formula is C25H32N2O4S. The quantitative estimate of drug-likeness (QED) is 0.562. The first-order valence-electron chi connectivity index (χ1n) is 10.8. The van der Waals surface area contributed by atoms with Gasteiger partial charge in [0.2, 0.25) is 10.0 Å². The first-order valence-corrected chi connectivity index (χ1v) is 12.2. The topological polar surface area (TPSA) is 90.5 Å². The summed E-state index contributed by atoms with van der Waals surface area (Å²) < 4.78 is 28.1. The number of hydrogen-bond acceptors (Lipinski definition) is 4. The number of benzene rings is 2. The predicted octanol–water partition coefficient (Wildman–Crippen LogP) is 4.02. The standard InChI is InChI=1S/C25H32N2O4S/c1-17-7-8-19-15-20(24(29)26-23(19)18(17)2)16-27(13-6-14-28)32(30,31)22-11-9-21(10-12-22)25(3,4)5/h7-12,15,28H,6,13-14,16H2,1-5H3,(H,26,29). The monoisotopic (exact) mass is 456 g/mol.